The Kier molecular flexibility index (Phi) is 6.50. The van der Waals surface area contributed by atoms with Gasteiger partial charge in [-0.25, -0.2) is 4.39 Å². The van der Waals surface area contributed by atoms with Gasteiger partial charge in [0.25, 0.3) is 0 Å². The summed E-state index contributed by atoms with van der Waals surface area (Å²) in [7, 11) is 0. The standard InChI is InChI=1S/C14H18FNOS/c1-11(2)9-14(17)16-7-8-18-10-12-5-3-4-6-13(12)15/h3-6,9H,7-8,10H2,1-2H3,(H,16,17). The van der Waals surface area contributed by atoms with Crippen molar-refractivity contribution in [1.29, 1.82) is 0 Å². The Morgan fingerprint density at radius 2 is 2.11 bits per heavy atom. The van der Waals surface area contributed by atoms with Gasteiger partial charge in [0.15, 0.2) is 0 Å². The monoisotopic (exact) mass is 267 g/mol. The van der Waals surface area contributed by atoms with E-state index in [9.17, 15) is 9.18 Å². The van der Waals surface area contributed by atoms with Crippen LogP contribution in [0.15, 0.2) is 35.9 Å². The van der Waals surface area contributed by atoms with Crippen LogP contribution in [0.3, 0.4) is 0 Å². The highest BCUT2D eigenvalue weighted by Crippen LogP contribution is 2.14. The number of hydrogen-bond donors (Lipinski definition) is 1. The van der Waals surface area contributed by atoms with E-state index in [-0.39, 0.29) is 11.7 Å². The van der Waals surface area contributed by atoms with Gasteiger partial charge in [0.2, 0.25) is 5.91 Å². The third kappa shape index (κ3) is 5.87. The van der Waals surface area contributed by atoms with E-state index in [0.717, 1.165) is 11.3 Å². The summed E-state index contributed by atoms with van der Waals surface area (Å²) in [5.41, 5.74) is 1.68. The Morgan fingerprint density at radius 3 is 2.78 bits per heavy atom. The number of carbonyl (C=O) groups excluding carboxylic acids is 1. The van der Waals surface area contributed by atoms with E-state index in [0.29, 0.717) is 17.9 Å². The highest BCUT2D eigenvalue weighted by molar-refractivity contribution is 7.98. The largest absolute Gasteiger partial charge is 0.352 e. The average molecular weight is 267 g/mol. The first kappa shape index (κ1) is 14.8. The summed E-state index contributed by atoms with van der Waals surface area (Å²) in [6, 6.07) is 6.76. The van der Waals surface area contributed by atoms with Gasteiger partial charge in [-0.15, -0.1) is 0 Å². The number of nitrogens with one attached hydrogen (secondary N) is 1. The molecule has 1 amide bonds. The second-order valence-corrected chi connectivity index (χ2v) is 5.26. The van der Waals surface area contributed by atoms with E-state index in [2.05, 4.69) is 5.32 Å². The fourth-order valence-corrected chi connectivity index (χ4v) is 2.20. The van der Waals surface area contributed by atoms with Gasteiger partial charge >= 0.3 is 0 Å². The molecule has 0 radical (unpaired) electrons. The highest BCUT2D eigenvalue weighted by Gasteiger charge is 2.00. The first-order valence-electron chi connectivity index (χ1n) is 5.83. The maximum atomic E-state index is 13.3. The van der Waals surface area contributed by atoms with Crippen molar-refractivity contribution in [3.8, 4) is 0 Å². The molecule has 0 aromatic heterocycles. The Bertz CT molecular complexity index is 428. The fraction of sp³-hybridized carbons (Fsp3) is 0.357. The van der Waals surface area contributed by atoms with E-state index < -0.39 is 0 Å². The molecule has 0 aliphatic heterocycles. The zero-order valence-electron chi connectivity index (χ0n) is 10.7. The van der Waals surface area contributed by atoms with E-state index in [1.807, 2.05) is 19.9 Å². The molecule has 1 aromatic rings. The average Bonchev–Trinajstić information content (AvgIpc) is 2.30. The molecule has 18 heavy (non-hydrogen) atoms. The van der Waals surface area contributed by atoms with E-state index >= 15 is 0 Å². The second kappa shape index (κ2) is 7.93. The van der Waals surface area contributed by atoms with Crippen LogP contribution in [0.1, 0.15) is 19.4 Å². The molecule has 0 atom stereocenters. The molecular weight excluding hydrogens is 249 g/mol. The summed E-state index contributed by atoms with van der Waals surface area (Å²) in [6.45, 7) is 4.36. The summed E-state index contributed by atoms with van der Waals surface area (Å²) in [6.07, 6.45) is 1.57. The molecule has 1 rings (SSSR count). The lowest BCUT2D eigenvalue weighted by Gasteiger charge is -2.04. The lowest BCUT2D eigenvalue weighted by molar-refractivity contribution is -0.116. The minimum atomic E-state index is -0.168. The minimum absolute atomic E-state index is 0.0681. The van der Waals surface area contributed by atoms with Gasteiger partial charge in [-0.3, -0.25) is 4.79 Å². The highest BCUT2D eigenvalue weighted by atomic mass is 32.2. The number of thioether (sulfide) groups is 1. The number of carbonyl (C=O) groups is 1. The van der Waals surface area contributed by atoms with E-state index in [4.69, 9.17) is 0 Å². The second-order valence-electron chi connectivity index (χ2n) is 4.16. The SMILES string of the molecule is CC(C)=CC(=O)NCCSCc1ccccc1F. The normalized spacial score (nSPS) is 9.94. The molecule has 0 unspecified atom stereocenters. The maximum Gasteiger partial charge on any atom is 0.243 e. The van der Waals surface area contributed by atoms with Crippen LogP contribution in [-0.2, 0) is 10.5 Å². The van der Waals surface area contributed by atoms with Crippen molar-refractivity contribution >= 4 is 17.7 Å². The number of hydrogen-bond acceptors (Lipinski definition) is 2. The molecule has 0 saturated carbocycles. The summed E-state index contributed by atoms with van der Waals surface area (Å²) < 4.78 is 13.3. The van der Waals surface area contributed by atoms with Crippen molar-refractivity contribution < 1.29 is 9.18 Å². The van der Waals surface area contributed by atoms with Gasteiger partial charge in [0, 0.05) is 24.1 Å². The van der Waals surface area contributed by atoms with E-state index in [1.165, 1.54) is 6.07 Å². The molecule has 2 nitrogen and oxygen atoms in total. The molecule has 4 heteroatoms. The zero-order valence-corrected chi connectivity index (χ0v) is 11.5. The number of halogens is 1. The van der Waals surface area contributed by atoms with Gasteiger partial charge in [-0.2, -0.15) is 11.8 Å². The molecular formula is C14H18FNOS. The topological polar surface area (TPSA) is 29.1 Å². The Labute approximate surface area is 112 Å². The Hall–Kier alpha value is -1.29. The smallest absolute Gasteiger partial charge is 0.243 e. The quantitative estimate of drug-likeness (QED) is 0.633. The Morgan fingerprint density at radius 1 is 1.39 bits per heavy atom. The maximum absolute atomic E-state index is 13.3. The van der Waals surface area contributed by atoms with Crippen molar-refractivity contribution in [2.45, 2.75) is 19.6 Å². The van der Waals surface area contributed by atoms with Crippen molar-refractivity contribution in [2.75, 3.05) is 12.3 Å². The predicted molar refractivity (Wildman–Crippen MR) is 75.0 cm³/mol. The molecule has 0 aliphatic carbocycles. The molecule has 0 saturated heterocycles. The van der Waals surface area contributed by atoms with Crippen LogP contribution in [-0.4, -0.2) is 18.2 Å². The molecule has 1 N–H and O–H groups in total. The predicted octanol–water partition coefficient (Wildman–Crippen LogP) is 3.14. The molecule has 0 spiro atoms. The zero-order chi connectivity index (χ0) is 13.4. The van der Waals surface area contributed by atoms with Crippen molar-refractivity contribution in [2.24, 2.45) is 0 Å². The van der Waals surface area contributed by atoms with E-state index in [1.54, 1.807) is 30.0 Å². The van der Waals surface area contributed by atoms with Crippen molar-refractivity contribution in [1.82, 2.24) is 5.32 Å². The lowest BCUT2D eigenvalue weighted by atomic mass is 10.2. The van der Waals surface area contributed by atoms with Crippen LogP contribution in [0.5, 0.6) is 0 Å². The summed E-state index contributed by atoms with van der Waals surface area (Å²) in [4.78, 5) is 11.3. The third-order valence-corrected chi connectivity index (χ3v) is 3.19. The molecule has 98 valence electrons. The number of rotatable bonds is 6. The van der Waals surface area contributed by atoms with Crippen molar-refractivity contribution in [3.63, 3.8) is 0 Å². The lowest BCUT2D eigenvalue weighted by Crippen LogP contribution is -2.23. The minimum Gasteiger partial charge on any atom is -0.352 e. The summed E-state index contributed by atoms with van der Waals surface area (Å²) in [5, 5.41) is 2.78. The molecule has 0 bridgehead atoms. The van der Waals surface area contributed by atoms with Crippen LogP contribution in [0.25, 0.3) is 0 Å². The van der Waals surface area contributed by atoms with Crippen LogP contribution in [0.2, 0.25) is 0 Å². The van der Waals surface area contributed by atoms with Gasteiger partial charge < -0.3 is 5.32 Å². The van der Waals surface area contributed by atoms with Crippen LogP contribution >= 0.6 is 11.8 Å². The van der Waals surface area contributed by atoms with Gasteiger partial charge in [0.05, 0.1) is 0 Å². The number of amides is 1. The van der Waals surface area contributed by atoms with Crippen LogP contribution in [0.4, 0.5) is 4.39 Å². The first-order chi connectivity index (χ1) is 8.59. The molecule has 0 fully saturated rings. The summed E-state index contributed by atoms with van der Waals surface area (Å²) >= 11 is 1.61. The molecule has 0 aliphatic rings. The van der Waals surface area contributed by atoms with Gasteiger partial charge in [0.1, 0.15) is 5.82 Å². The number of benzene rings is 1. The van der Waals surface area contributed by atoms with Crippen molar-refractivity contribution in [3.05, 3.63) is 47.3 Å². The first-order valence-corrected chi connectivity index (χ1v) is 6.99. The van der Waals surface area contributed by atoms with Gasteiger partial charge in [-0.05, 0) is 25.5 Å². The number of allylic oxidation sites excluding steroid dienone is 1. The molecule has 0 heterocycles. The molecule has 1 aromatic carbocycles. The fourth-order valence-electron chi connectivity index (χ4n) is 1.36. The van der Waals surface area contributed by atoms with Gasteiger partial charge in [-0.1, -0.05) is 23.8 Å². The summed E-state index contributed by atoms with van der Waals surface area (Å²) in [5.74, 6) is 1.17. The van der Waals surface area contributed by atoms with Crippen LogP contribution < -0.4 is 5.32 Å². The third-order valence-electron chi connectivity index (χ3n) is 2.18. The van der Waals surface area contributed by atoms with Crippen LogP contribution in [0, 0.1) is 5.82 Å². The Balaban J connectivity index is 2.18.